The smallest absolute Gasteiger partial charge is 0.259 e. The summed E-state index contributed by atoms with van der Waals surface area (Å²) in [5.41, 5.74) is 1.47. The monoisotopic (exact) mass is 354 g/mol. The maximum atomic E-state index is 12.6. The number of nitrogens with zero attached hydrogens (tertiary/aromatic N) is 1. The summed E-state index contributed by atoms with van der Waals surface area (Å²) in [6.45, 7) is 0.503. The number of benzene rings is 2. The van der Waals surface area contributed by atoms with Crippen LogP contribution in [0.2, 0.25) is 0 Å². The number of carbonyl (C=O) groups is 2. The van der Waals surface area contributed by atoms with Gasteiger partial charge in [-0.3, -0.25) is 9.59 Å². The molecule has 2 aromatic carbocycles. The molecule has 0 saturated carbocycles. The number of carbonyl (C=O) groups excluding carboxylic acids is 2. The fourth-order valence-corrected chi connectivity index (χ4v) is 2.73. The van der Waals surface area contributed by atoms with Crippen molar-refractivity contribution < 1.29 is 19.1 Å². The molecular formula is C20H22N2O4. The molecule has 0 unspecified atom stereocenters. The Hall–Kier alpha value is -3.02. The lowest BCUT2D eigenvalue weighted by molar-refractivity contribution is -0.130. The van der Waals surface area contributed by atoms with E-state index < -0.39 is 0 Å². The van der Waals surface area contributed by atoms with Crippen LogP contribution >= 0.6 is 0 Å². The van der Waals surface area contributed by atoms with Crippen LogP contribution in [0, 0.1) is 0 Å². The van der Waals surface area contributed by atoms with Crippen LogP contribution in [-0.2, 0) is 4.79 Å². The molecule has 6 nitrogen and oxygen atoms in total. The van der Waals surface area contributed by atoms with E-state index in [0.29, 0.717) is 17.9 Å². The van der Waals surface area contributed by atoms with E-state index in [1.807, 2.05) is 24.3 Å². The zero-order valence-electron chi connectivity index (χ0n) is 14.9. The van der Waals surface area contributed by atoms with Crippen molar-refractivity contribution in [2.75, 3.05) is 27.3 Å². The SMILES string of the molecule is CN(C)C(=O)COc1cccc(C(=O)N[C@H]2CCOc3ccccc32)c1. The molecule has 0 saturated heterocycles. The number of hydrogen-bond donors (Lipinski definition) is 1. The second-order valence-electron chi connectivity index (χ2n) is 6.31. The lowest BCUT2D eigenvalue weighted by atomic mass is 10.00. The maximum absolute atomic E-state index is 12.6. The van der Waals surface area contributed by atoms with Crippen LogP contribution in [0.3, 0.4) is 0 Å². The lowest BCUT2D eigenvalue weighted by Crippen LogP contribution is -2.32. The molecule has 6 heteroatoms. The van der Waals surface area contributed by atoms with Gasteiger partial charge >= 0.3 is 0 Å². The molecule has 136 valence electrons. The molecular weight excluding hydrogens is 332 g/mol. The van der Waals surface area contributed by atoms with Crippen molar-refractivity contribution in [1.82, 2.24) is 10.2 Å². The zero-order chi connectivity index (χ0) is 18.5. The summed E-state index contributed by atoms with van der Waals surface area (Å²) >= 11 is 0. The van der Waals surface area contributed by atoms with E-state index in [9.17, 15) is 9.59 Å². The first-order chi connectivity index (χ1) is 12.5. The fourth-order valence-electron chi connectivity index (χ4n) is 2.73. The first-order valence-corrected chi connectivity index (χ1v) is 8.50. The minimum absolute atomic E-state index is 0.0641. The van der Waals surface area contributed by atoms with Crippen molar-refractivity contribution in [3.63, 3.8) is 0 Å². The molecule has 0 aromatic heterocycles. The van der Waals surface area contributed by atoms with Crippen LogP contribution in [0.1, 0.15) is 28.4 Å². The highest BCUT2D eigenvalue weighted by Gasteiger charge is 2.23. The van der Waals surface area contributed by atoms with Crippen molar-refractivity contribution in [2.24, 2.45) is 0 Å². The number of hydrogen-bond acceptors (Lipinski definition) is 4. The molecule has 0 aliphatic carbocycles. The largest absolute Gasteiger partial charge is 0.493 e. The summed E-state index contributed by atoms with van der Waals surface area (Å²) in [6, 6.07) is 14.5. The van der Waals surface area contributed by atoms with Crippen molar-refractivity contribution in [3.8, 4) is 11.5 Å². The average Bonchev–Trinajstić information content (AvgIpc) is 2.66. The molecule has 0 spiro atoms. The van der Waals surface area contributed by atoms with Gasteiger partial charge in [-0.2, -0.15) is 0 Å². The van der Waals surface area contributed by atoms with Gasteiger partial charge in [0.1, 0.15) is 11.5 Å². The van der Waals surface area contributed by atoms with Gasteiger partial charge in [0, 0.05) is 31.6 Å². The zero-order valence-corrected chi connectivity index (χ0v) is 14.9. The van der Waals surface area contributed by atoms with Crippen LogP contribution in [0.4, 0.5) is 0 Å². The van der Waals surface area contributed by atoms with Crippen LogP contribution in [0.15, 0.2) is 48.5 Å². The van der Waals surface area contributed by atoms with E-state index in [1.54, 1.807) is 38.4 Å². The summed E-state index contributed by atoms with van der Waals surface area (Å²) in [7, 11) is 3.34. The Balaban J connectivity index is 1.67. The third-order valence-corrected chi connectivity index (χ3v) is 4.22. The predicted octanol–water partition coefficient (Wildman–Crippen LogP) is 2.41. The van der Waals surface area contributed by atoms with Crippen molar-refractivity contribution in [2.45, 2.75) is 12.5 Å². The molecule has 3 rings (SSSR count). The summed E-state index contributed by atoms with van der Waals surface area (Å²) in [6.07, 6.45) is 0.719. The minimum Gasteiger partial charge on any atom is -0.493 e. The van der Waals surface area contributed by atoms with Gasteiger partial charge in [-0.1, -0.05) is 24.3 Å². The molecule has 1 N–H and O–H groups in total. The maximum Gasteiger partial charge on any atom is 0.259 e. The third kappa shape index (κ3) is 4.14. The van der Waals surface area contributed by atoms with Crippen molar-refractivity contribution >= 4 is 11.8 Å². The Morgan fingerprint density at radius 3 is 2.81 bits per heavy atom. The van der Waals surface area contributed by atoms with E-state index in [2.05, 4.69) is 5.32 Å². The topological polar surface area (TPSA) is 67.9 Å². The second-order valence-corrected chi connectivity index (χ2v) is 6.31. The standard InChI is InChI=1S/C20H22N2O4/c1-22(2)19(23)13-26-15-7-5-6-14(12-15)20(24)21-17-10-11-25-18-9-4-3-8-16(17)18/h3-9,12,17H,10-11,13H2,1-2H3,(H,21,24)/t17-/m0/s1. The van der Waals surface area contributed by atoms with Crippen LogP contribution < -0.4 is 14.8 Å². The van der Waals surface area contributed by atoms with Crippen molar-refractivity contribution in [1.29, 1.82) is 0 Å². The lowest BCUT2D eigenvalue weighted by Gasteiger charge is -2.26. The molecule has 1 aliphatic heterocycles. The van der Waals surface area contributed by atoms with Gasteiger partial charge in [0.05, 0.1) is 12.6 Å². The number of rotatable bonds is 5. The molecule has 2 amide bonds. The van der Waals surface area contributed by atoms with Gasteiger partial charge < -0.3 is 19.7 Å². The quantitative estimate of drug-likeness (QED) is 0.895. The van der Waals surface area contributed by atoms with Gasteiger partial charge in [0.15, 0.2) is 6.61 Å². The first kappa shape index (κ1) is 17.8. The normalized spacial score (nSPS) is 15.4. The van der Waals surface area contributed by atoms with Crippen LogP contribution in [-0.4, -0.2) is 44.0 Å². The Morgan fingerprint density at radius 1 is 1.19 bits per heavy atom. The fraction of sp³-hybridized carbons (Fsp3) is 0.300. The number of likely N-dealkylation sites (N-methyl/N-ethyl adjacent to an activating group) is 1. The molecule has 1 atom stereocenters. The van der Waals surface area contributed by atoms with Gasteiger partial charge in [-0.25, -0.2) is 0 Å². The summed E-state index contributed by atoms with van der Waals surface area (Å²) in [5, 5.41) is 3.05. The van der Waals surface area contributed by atoms with E-state index >= 15 is 0 Å². The molecule has 1 heterocycles. The van der Waals surface area contributed by atoms with E-state index in [-0.39, 0.29) is 24.5 Å². The van der Waals surface area contributed by atoms with Gasteiger partial charge in [-0.15, -0.1) is 0 Å². The number of ether oxygens (including phenoxy) is 2. The average molecular weight is 354 g/mol. The highest BCUT2D eigenvalue weighted by atomic mass is 16.5. The van der Waals surface area contributed by atoms with Gasteiger partial charge in [0.2, 0.25) is 0 Å². The third-order valence-electron chi connectivity index (χ3n) is 4.22. The molecule has 0 bridgehead atoms. The second kappa shape index (κ2) is 7.91. The number of fused-ring (bicyclic) bond motifs is 1. The van der Waals surface area contributed by atoms with Crippen LogP contribution in [0.25, 0.3) is 0 Å². The molecule has 0 radical (unpaired) electrons. The van der Waals surface area contributed by atoms with Gasteiger partial charge in [0.25, 0.3) is 11.8 Å². The van der Waals surface area contributed by atoms with E-state index in [4.69, 9.17) is 9.47 Å². The van der Waals surface area contributed by atoms with E-state index in [0.717, 1.165) is 17.7 Å². The van der Waals surface area contributed by atoms with E-state index in [1.165, 1.54) is 4.90 Å². The molecule has 1 aliphatic rings. The summed E-state index contributed by atoms with van der Waals surface area (Å²) in [4.78, 5) is 25.7. The molecule has 0 fully saturated rings. The first-order valence-electron chi connectivity index (χ1n) is 8.50. The summed E-state index contributed by atoms with van der Waals surface area (Å²) < 4.78 is 11.1. The Bertz CT molecular complexity index is 804. The highest BCUT2D eigenvalue weighted by molar-refractivity contribution is 5.95. The number of amides is 2. The Kier molecular flexibility index (Phi) is 5.41. The number of para-hydroxylation sites is 1. The van der Waals surface area contributed by atoms with Crippen LogP contribution in [0.5, 0.6) is 11.5 Å². The predicted molar refractivity (Wildman–Crippen MR) is 97.4 cm³/mol. The number of nitrogens with one attached hydrogen (secondary N) is 1. The highest BCUT2D eigenvalue weighted by Crippen LogP contribution is 2.31. The molecule has 26 heavy (non-hydrogen) atoms. The Morgan fingerprint density at radius 2 is 2.00 bits per heavy atom. The van der Waals surface area contributed by atoms with Crippen molar-refractivity contribution in [3.05, 3.63) is 59.7 Å². The van der Waals surface area contributed by atoms with Gasteiger partial charge in [-0.05, 0) is 24.3 Å². The summed E-state index contributed by atoms with van der Waals surface area (Å²) in [5.74, 6) is 0.971. The molecule has 2 aromatic rings. The minimum atomic E-state index is -0.184. The Labute approximate surface area is 152 Å².